The maximum absolute atomic E-state index is 9.78. The third-order valence-electron chi connectivity index (χ3n) is 0.487. The Morgan fingerprint density at radius 3 is 2.33 bits per heavy atom. The van der Waals surface area contributed by atoms with Gasteiger partial charge in [0.15, 0.2) is 0 Å². The molecule has 0 radical (unpaired) electrons. The van der Waals surface area contributed by atoms with Crippen LogP contribution in [-0.4, -0.2) is 32.2 Å². The molecule has 9 heavy (non-hydrogen) atoms. The van der Waals surface area contributed by atoms with Gasteiger partial charge in [0.25, 0.3) is 0 Å². The zero-order chi connectivity index (χ0) is 6.57. The van der Waals surface area contributed by atoms with Gasteiger partial charge in [-0.2, -0.15) is 0 Å². The topological polar surface area (TPSA) is 112 Å². The van der Waals surface area contributed by atoms with Crippen LogP contribution in [0.5, 0.6) is 0 Å². The second-order valence-corrected chi connectivity index (χ2v) is 1.56. The molecule has 54 valence electrons. The van der Waals surface area contributed by atoms with Gasteiger partial charge in [0.05, 0.1) is 11.3 Å². The van der Waals surface area contributed by atoms with Gasteiger partial charge in [-0.3, -0.25) is 4.79 Å². The van der Waals surface area contributed by atoms with Crippen molar-refractivity contribution in [1.82, 2.24) is 0 Å². The first-order valence-electron chi connectivity index (χ1n) is 1.79. The number of carbonyl (C=O) groups is 1. The number of nitrogens with two attached hydrogens (primary N) is 1. The van der Waals surface area contributed by atoms with Crippen molar-refractivity contribution in [3.8, 4) is 0 Å². The van der Waals surface area contributed by atoms with E-state index in [1.807, 2.05) is 0 Å². The number of hydrogen-bond acceptors (Lipinski definition) is 3. The number of aliphatic carboxylic acids is 1. The van der Waals surface area contributed by atoms with E-state index in [1.54, 1.807) is 0 Å². The Labute approximate surface area is 54.9 Å². The monoisotopic (exact) mass is 153 g/mol. The molecular weight excluding hydrogens is 146 g/mol. The van der Waals surface area contributed by atoms with Gasteiger partial charge in [-0.15, -0.1) is 0 Å². The first kappa shape index (κ1) is 11.1. The summed E-state index contributed by atoms with van der Waals surface area (Å²) in [6.07, 6.45) is 0. The average Bonchev–Trinajstić information content (AvgIpc) is 1.67. The van der Waals surface area contributed by atoms with E-state index in [1.165, 1.54) is 0 Å². The molecule has 5 N–H and O–H groups in total. The lowest BCUT2D eigenvalue weighted by Gasteiger charge is -1.91. The van der Waals surface area contributed by atoms with Gasteiger partial charge in [0.2, 0.25) is 0 Å². The number of hydrogen-bond donors (Lipinski definition) is 2. The standard InChI is InChI=1S/C3H5NO3S.H2O/c4-2(1-8-7)3(5)6;/h1-2H,4H2,(H,5,6);1H2. The summed E-state index contributed by atoms with van der Waals surface area (Å²) < 4.78 is 9.56. The molecule has 5 nitrogen and oxygen atoms in total. The maximum atomic E-state index is 9.78. The van der Waals surface area contributed by atoms with Crippen LogP contribution in [-0.2, 0) is 16.1 Å². The quantitative estimate of drug-likeness (QED) is 0.430. The second kappa shape index (κ2) is 5.42. The van der Waals surface area contributed by atoms with Crippen molar-refractivity contribution < 1.29 is 19.6 Å². The van der Waals surface area contributed by atoms with Gasteiger partial charge < -0.3 is 16.3 Å². The van der Waals surface area contributed by atoms with Gasteiger partial charge in [-0.1, -0.05) is 0 Å². The summed E-state index contributed by atoms with van der Waals surface area (Å²) in [6, 6.07) is -1.14. The molecule has 0 heterocycles. The number of carboxylic acid groups (broad SMARTS) is 1. The van der Waals surface area contributed by atoms with Gasteiger partial charge in [0, 0.05) is 5.37 Å². The Morgan fingerprint density at radius 2 is 2.22 bits per heavy atom. The van der Waals surface area contributed by atoms with Crippen molar-refractivity contribution in [2.45, 2.75) is 6.04 Å². The second-order valence-electron chi connectivity index (χ2n) is 1.10. The molecule has 1 atom stereocenters. The first-order valence-corrected chi connectivity index (χ1v) is 2.59. The molecule has 0 rings (SSSR count). The molecule has 0 amide bonds. The summed E-state index contributed by atoms with van der Waals surface area (Å²) in [5, 5.41) is 8.91. The lowest BCUT2D eigenvalue weighted by molar-refractivity contribution is -0.136. The van der Waals surface area contributed by atoms with Crippen LogP contribution < -0.4 is 5.73 Å². The van der Waals surface area contributed by atoms with Crippen LogP contribution >= 0.6 is 0 Å². The molecule has 0 aromatic carbocycles. The molecule has 1 unspecified atom stereocenters. The lowest BCUT2D eigenvalue weighted by Crippen LogP contribution is -2.31. The lowest BCUT2D eigenvalue weighted by atomic mass is 10.4. The Balaban J connectivity index is 0. The van der Waals surface area contributed by atoms with E-state index in [0.29, 0.717) is 0 Å². The molecule has 0 aliphatic carbocycles. The predicted octanol–water partition coefficient (Wildman–Crippen LogP) is -2.41. The molecule has 0 aromatic heterocycles. The van der Waals surface area contributed by atoms with Crippen LogP contribution in [0, 0.1) is 0 Å². The van der Waals surface area contributed by atoms with Gasteiger partial charge in [-0.25, -0.2) is 4.21 Å². The van der Waals surface area contributed by atoms with E-state index in [0.717, 1.165) is 5.37 Å². The summed E-state index contributed by atoms with van der Waals surface area (Å²) >= 11 is 0.0572. The predicted molar refractivity (Wildman–Crippen MR) is 33.4 cm³/mol. The van der Waals surface area contributed by atoms with Crippen molar-refractivity contribution >= 4 is 22.6 Å². The highest BCUT2D eigenvalue weighted by molar-refractivity contribution is 7.65. The van der Waals surface area contributed by atoms with Crippen LogP contribution in [0.25, 0.3) is 0 Å². The molecule has 0 saturated carbocycles. The van der Waals surface area contributed by atoms with Crippen LogP contribution in [0.4, 0.5) is 0 Å². The van der Waals surface area contributed by atoms with E-state index < -0.39 is 12.0 Å². The van der Waals surface area contributed by atoms with E-state index in [9.17, 15) is 9.00 Å². The minimum Gasteiger partial charge on any atom is -0.480 e. The highest BCUT2D eigenvalue weighted by Crippen LogP contribution is 1.67. The van der Waals surface area contributed by atoms with Crippen molar-refractivity contribution in [2.24, 2.45) is 5.73 Å². The highest BCUT2D eigenvalue weighted by atomic mass is 32.1. The zero-order valence-electron chi connectivity index (χ0n) is 4.40. The summed E-state index contributed by atoms with van der Waals surface area (Å²) in [7, 11) is 0. The fourth-order valence-electron chi connectivity index (χ4n) is 0.118. The Kier molecular flexibility index (Phi) is 6.70. The van der Waals surface area contributed by atoms with Gasteiger partial charge in [-0.05, 0) is 0 Å². The molecule has 0 saturated heterocycles. The smallest absolute Gasteiger partial charge is 0.325 e. The summed E-state index contributed by atoms with van der Waals surface area (Å²) in [6.45, 7) is 0. The van der Waals surface area contributed by atoms with Crippen molar-refractivity contribution in [3.63, 3.8) is 0 Å². The average molecular weight is 153 g/mol. The number of rotatable bonds is 2. The van der Waals surface area contributed by atoms with E-state index >= 15 is 0 Å². The number of carboxylic acids is 1. The van der Waals surface area contributed by atoms with Gasteiger partial charge >= 0.3 is 5.97 Å². The summed E-state index contributed by atoms with van der Waals surface area (Å²) in [5.74, 6) is -1.19. The normalized spacial score (nSPS) is 10.8. The van der Waals surface area contributed by atoms with Crippen molar-refractivity contribution in [2.75, 3.05) is 0 Å². The third-order valence-corrected chi connectivity index (χ3v) is 0.892. The molecular formula is C3H7NO4S. The fraction of sp³-hybridized carbons (Fsp3) is 0.333. The van der Waals surface area contributed by atoms with Crippen molar-refractivity contribution in [1.29, 1.82) is 0 Å². The molecule has 0 bridgehead atoms. The van der Waals surface area contributed by atoms with Crippen LogP contribution in [0.1, 0.15) is 0 Å². The van der Waals surface area contributed by atoms with Crippen LogP contribution in [0.2, 0.25) is 0 Å². The SMILES string of the molecule is NC(C=S=O)C(=O)O.O. The zero-order valence-corrected chi connectivity index (χ0v) is 5.22. The van der Waals surface area contributed by atoms with E-state index in [-0.39, 0.29) is 16.7 Å². The van der Waals surface area contributed by atoms with Crippen molar-refractivity contribution in [3.05, 3.63) is 0 Å². The minimum atomic E-state index is -1.19. The summed E-state index contributed by atoms with van der Waals surface area (Å²) in [4.78, 5) is 9.78. The molecule has 0 aliphatic heterocycles. The Hall–Kier alpha value is -0.720. The third kappa shape index (κ3) is 5.15. The summed E-state index contributed by atoms with van der Waals surface area (Å²) in [5.41, 5.74) is 4.85. The first-order chi connectivity index (χ1) is 3.68. The Bertz CT molecular complexity index is 139. The molecule has 0 aromatic rings. The van der Waals surface area contributed by atoms with Crippen LogP contribution in [0.3, 0.4) is 0 Å². The van der Waals surface area contributed by atoms with Gasteiger partial charge in [0.1, 0.15) is 6.04 Å². The molecule has 0 fully saturated rings. The largest absolute Gasteiger partial charge is 0.480 e. The van der Waals surface area contributed by atoms with Crippen LogP contribution in [0.15, 0.2) is 0 Å². The maximum Gasteiger partial charge on any atom is 0.325 e. The van der Waals surface area contributed by atoms with E-state index in [4.69, 9.17) is 10.8 Å². The minimum absolute atomic E-state index is 0. The molecule has 0 aliphatic rings. The Morgan fingerprint density at radius 1 is 1.78 bits per heavy atom. The fourth-order valence-corrected chi connectivity index (χ4v) is 0.354. The van der Waals surface area contributed by atoms with E-state index in [2.05, 4.69) is 0 Å². The highest BCUT2D eigenvalue weighted by Gasteiger charge is 2.05. The molecule has 0 spiro atoms. The molecule has 6 heteroatoms.